The van der Waals surface area contributed by atoms with Gasteiger partial charge in [0.25, 0.3) is 0 Å². The molecule has 2 heterocycles. The van der Waals surface area contributed by atoms with E-state index in [1.807, 2.05) is 0 Å². The first-order chi connectivity index (χ1) is 8.71. The highest BCUT2D eigenvalue weighted by Gasteiger charge is 2.22. The summed E-state index contributed by atoms with van der Waals surface area (Å²) in [4.78, 5) is 4.34. The first kappa shape index (κ1) is 13.3. The molecule has 2 aromatic rings. The largest absolute Gasteiger partial charge is 0.394 e. The molecule has 0 fully saturated rings. The molecule has 0 aliphatic rings. The van der Waals surface area contributed by atoms with Gasteiger partial charge in [0.05, 0.1) is 11.9 Å². The summed E-state index contributed by atoms with van der Waals surface area (Å²) in [5.74, 6) is 0.344. The molecule has 0 bridgehead atoms. The van der Waals surface area contributed by atoms with Crippen molar-refractivity contribution in [3.8, 4) is 5.82 Å². The molecular weight excluding hydrogens is 266 g/mol. The molecule has 19 heavy (non-hydrogen) atoms. The quantitative estimate of drug-likeness (QED) is 0.825. The van der Waals surface area contributed by atoms with Gasteiger partial charge in [-0.2, -0.15) is 9.78 Å². The number of aryl methyl sites for hydroxylation is 2. The minimum absolute atomic E-state index is 0.105. The molecule has 0 atom stereocenters. The van der Waals surface area contributed by atoms with Gasteiger partial charge in [-0.15, -0.1) is 0 Å². The van der Waals surface area contributed by atoms with Crippen molar-refractivity contribution < 1.29 is 8.42 Å². The van der Waals surface area contributed by atoms with Gasteiger partial charge < -0.3 is 11.5 Å². The minimum atomic E-state index is -3.46. The Balaban J connectivity index is 2.87. The Morgan fingerprint density at radius 3 is 2.37 bits per heavy atom. The standard InChI is InChI=1S/C11H15N5O2S/c1-6-4-7(2)15-11(9(6)19(3,17)18)16-10(13)8(12)5-14-16/h4-5H,12-13H2,1-3H3. The Morgan fingerprint density at radius 2 is 1.89 bits per heavy atom. The summed E-state index contributed by atoms with van der Waals surface area (Å²) in [6.07, 6.45) is 2.49. The Hall–Kier alpha value is -2.09. The molecule has 0 unspecified atom stereocenters. The van der Waals surface area contributed by atoms with E-state index in [0.29, 0.717) is 11.3 Å². The van der Waals surface area contributed by atoms with Crippen molar-refractivity contribution in [3.05, 3.63) is 23.5 Å². The van der Waals surface area contributed by atoms with E-state index < -0.39 is 9.84 Å². The maximum absolute atomic E-state index is 11.9. The van der Waals surface area contributed by atoms with E-state index in [1.54, 1.807) is 19.9 Å². The number of hydrogen-bond donors (Lipinski definition) is 2. The number of rotatable bonds is 2. The van der Waals surface area contributed by atoms with Crippen molar-refractivity contribution in [2.24, 2.45) is 0 Å². The Morgan fingerprint density at radius 1 is 1.26 bits per heavy atom. The lowest BCUT2D eigenvalue weighted by Gasteiger charge is -2.12. The van der Waals surface area contributed by atoms with Crippen LogP contribution < -0.4 is 11.5 Å². The second-order valence-corrected chi connectivity index (χ2v) is 6.35. The fourth-order valence-corrected chi connectivity index (χ4v) is 3.05. The van der Waals surface area contributed by atoms with Crippen molar-refractivity contribution >= 4 is 21.3 Å². The maximum atomic E-state index is 11.9. The second-order valence-electron chi connectivity index (χ2n) is 4.40. The highest BCUT2D eigenvalue weighted by atomic mass is 32.2. The number of hydrogen-bond acceptors (Lipinski definition) is 6. The van der Waals surface area contributed by atoms with E-state index in [1.165, 1.54) is 10.9 Å². The Labute approximate surface area is 111 Å². The van der Waals surface area contributed by atoms with E-state index >= 15 is 0 Å². The van der Waals surface area contributed by atoms with Gasteiger partial charge >= 0.3 is 0 Å². The average Bonchev–Trinajstić information content (AvgIpc) is 2.56. The summed E-state index contributed by atoms with van der Waals surface area (Å²) in [6, 6.07) is 1.70. The molecule has 0 aliphatic carbocycles. The van der Waals surface area contributed by atoms with Crippen molar-refractivity contribution in [3.63, 3.8) is 0 Å². The van der Waals surface area contributed by atoms with Gasteiger partial charge in [-0.1, -0.05) is 0 Å². The molecule has 0 aromatic carbocycles. The van der Waals surface area contributed by atoms with E-state index in [4.69, 9.17) is 11.5 Å². The molecule has 0 saturated carbocycles. The van der Waals surface area contributed by atoms with E-state index in [9.17, 15) is 8.42 Å². The van der Waals surface area contributed by atoms with Crippen LogP contribution in [-0.4, -0.2) is 29.4 Å². The van der Waals surface area contributed by atoms with Crippen LogP contribution in [-0.2, 0) is 9.84 Å². The molecule has 2 rings (SSSR count). The molecule has 7 nitrogen and oxygen atoms in total. The van der Waals surface area contributed by atoms with Crippen LogP contribution in [0.3, 0.4) is 0 Å². The van der Waals surface area contributed by atoms with Crippen molar-refractivity contribution in [1.82, 2.24) is 14.8 Å². The highest BCUT2D eigenvalue weighted by molar-refractivity contribution is 7.90. The predicted molar refractivity (Wildman–Crippen MR) is 72.8 cm³/mol. The zero-order chi connectivity index (χ0) is 14.4. The van der Waals surface area contributed by atoms with Gasteiger partial charge in [0.2, 0.25) is 0 Å². The summed E-state index contributed by atoms with van der Waals surface area (Å²) in [5.41, 5.74) is 13.0. The lowest BCUT2D eigenvalue weighted by Crippen LogP contribution is -2.13. The third kappa shape index (κ3) is 2.26. The Bertz CT molecular complexity index is 749. The number of nitrogens with zero attached hydrogens (tertiary/aromatic N) is 3. The van der Waals surface area contributed by atoms with Crippen LogP contribution in [0.5, 0.6) is 0 Å². The zero-order valence-corrected chi connectivity index (χ0v) is 11.7. The van der Waals surface area contributed by atoms with Crippen LogP contribution in [0.25, 0.3) is 5.82 Å². The average molecular weight is 281 g/mol. The summed E-state index contributed by atoms with van der Waals surface area (Å²) in [6.45, 7) is 3.48. The summed E-state index contributed by atoms with van der Waals surface area (Å²) >= 11 is 0. The van der Waals surface area contributed by atoms with Crippen LogP contribution in [0, 0.1) is 13.8 Å². The van der Waals surface area contributed by atoms with Gasteiger partial charge in [0.15, 0.2) is 21.5 Å². The molecule has 0 amide bonds. The third-order valence-corrected chi connectivity index (χ3v) is 3.92. The van der Waals surface area contributed by atoms with Crippen LogP contribution in [0.1, 0.15) is 11.3 Å². The number of nitrogens with two attached hydrogens (primary N) is 2. The van der Waals surface area contributed by atoms with E-state index in [2.05, 4.69) is 10.1 Å². The minimum Gasteiger partial charge on any atom is -0.394 e. The first-order valence-electron chi connectivity index (χ1n) is 5.49. The Kier molecular flexibility index (Phi) is 2.97. The fraction of sp³-hybridized carbons (Fsp3) is 0.273. The molecule has 0 aliphatic heterocycles. The second kappa shape index (κ2) is 4.23. The molecule has 0 spiro atoms. The molecule has 8 heteroatoms. The van der Waals surface area contributed by atoms with Crippen LogP contribution in [0.4, 0.5) is 11.5 Å². The maximum Gasteiger partial charge on any atom is 0.179 e. The lowest BCUT2D eigenvalue weighted by atomic mass is 10.2. The fourth-order valence-electron chi connectivity index (χ4n) is 1.95. The molecule has 2 aromatic heterocycles. The number of pyridine rings is 1. The van der Waals surface area contributed by atoms with Gasteiger partial charge in [-0.25, -0.2) is 13.4 Å². The number of anilines is 2. The van der Waals surface area contributed by atoms with Gasteiger partial charge in [0, 0.05) is 11.9 Å². The zero-order valence-electron chi connectivity index (χ0n) is 10.9. The molecule has 4 N–H and O–H groups in total. The molecule has 0 radical (unpaired) electrons. The summed E-state index contributed by atoms with van der Waals surface area (Å²) in [5, 5.41) is 3.98. The van der Waals surface area contributed by atoms with Crippen molar-refractivity contribution in [2.45, 2.75) is 18.7 Å². The molecular formula is C11H15N5O2S. The summed E-state index contributed by atoms with van der Waals surface area (Å²) < 4.78 is 25.1. The number of nitrogen functional groups attached to an aromatic ring is 2. The topological polar surface area (TPSA) is 117 Å². The normalized spacial score (nSPS) is 11.7. The van der Waals surface area contributed by atoms with E-state index in [-0.39, 0.29) is 22.2 Å². The third-order valence-electron chi connectivity index (χ3n) is 2.68. The SMILES string of the molecule is Cc1cc(C)c(S(C)(=O)=O)c(-n2ncc(N)c2N)n1. The first-order valence-corrected chi connectivity index (χ1v) is 7.38. The van der Waals surface area contributed by atoms with Crippen LogP contribution in [0.15, 0.2) is 17.2 Å². The lowest BCUT2D eigenvalue weighted by molar-refractivity contribution is 0.599. The molecule has 0 saturated heterocycles. The highest BCUT2D eigenvalue weighted by Crippen LogP contribution is 2.26. The number of sulfone groups is 1. The van der Waals surface area contributed by atoms with Gasteiger partial charge in [-0.3, -0.25) is 0 Å². The predicted octanol–water partition coefficient (Wildman–Crippen LogP) is 0.452. The van der Waals surface area contributed by atoms with Crippen molar-refractivity contribution in [2.75, 3.05) is 17.7 Å². The van der Waals surface area contributed by atoms with Gasteiger partial charge in [0.1, 0.15) is 4.90 Å². The smallest absolute Gasteiger partial charge is 0.179 e. The molecule has 102 valence electrons. The van der Waals surface area contributed by atoms with E-state index in [0.717, 1.165) is 6.26 Å². The van der Waals surface area contributed by atoms with Crippen molar-refractivity contribution in [1.29, 1.82) is 0 Å². The van der Waals surface area contributed by atoms with Crippen LogP contribution >= 0.6 is 0 Å². The number of aromatic nitrogens is 3. The van der Waals surface area contributed by atoms with Gasteiger partial charge in [-0.05, 0) is 25.5 Å². The van der Waals surface area contributed by atoms with Crippen LogP contribution in [0.2, 0.25) is 0 Å². The summed E-state index contributed by atoms with van der Waals surface area (Å²) in [7, 11) is -3.46. The monoisotopic (exact) mass is 281 g/mol.